The first-order chi connectivity index (χ1) is 14.1. The number of carbonyl (C=O) groups is 3. The number of fused-ring (bicyclic) bond motifs is 1. The maximum Gasteiger partial charge on any atom is 0.323 e. The van der Waals surface area contributed by atoms with Crippen LogP contribution in [0.5, 0.6) is 0 Å². The van der Waals surface area contributed by atoms with Gasteiger partial charge >= 0.3 is 11.9 Å². The summed E-state index contributed by atoms with van der Waals surface area (Å²) in [6.45, 7) is 15.6. The Morgan fingerprint density at radius 3 is 2.13 bits per heavy atom. The van der Waals surface area contributed by atoms with E-state index >= 15 is 0 Å². The zero-order chi connectivity index (χ0) is 23.8. The molecule has 8 heteroatoms. The van der Waals surface area contributed by atoms with Crippen LogP contribution in [0.2, 0.25) is 18.1 Å². The van der Waals surface area contributed by atoms with Crippen molar-refractivity contribution < 1.29 is 33.4 Å². The SMILES string of the molecule is CCOC(=O)C1(C(=O)OCC)CC2=CC(=O)[C@@](C)(O[Si](C)(C)C(C)(C)C)[C@H](O)C[C@@H]2C1. The van der Waals surface area contributed by atoms with Crippen molar-refractivity contribution in [3.8, 4) is 0 Å². The third-order valence-corrected chi connectivity index (χ3v) is 11.7. The summed E-state index contributed by atoms with van der Waals surface area (Å²) < 4.78 is 16.8. The lowest BCUT2D eigenvalue weighted by molar-refractivity contribution is -0.172. The molecule has 0 aromatic heterocycles. The Balaban J connectivity index is 2.43. The number of rotatable bonds is 6. The second-order valence-corrected chi connectivity index (χ2v) is 15.1. The molecule has 7 nitrogen and oxygen atoms in total. The summed E-state index contributed by atoms with van der Waals surface area (Å²) in [4.78, 5) is 38.9. The van der Waals surface area contributed by atoms with Gasteiger partial charge in [0.05, 0.1) is 19.3 Å². The van der Waals surface area contributed by atoms with Crippen LogP contribution in [0.1, 0.15) is 60.8 Å². The molecule has 1 N–H and O–H groups in total. The van der Waals surface area contributed by atoms with Gasteiger partial charge in [-0.25, -0.2) is 0 Å². The number of allylic oxidation sites excluding steroid dienone is 1. The third kappa shape index (κ3) is 4.66. The van der Waals surface area contributed by atoms with E-state index in [4.69, 9.17) is 13.9 Å². The summed E-state index contributed by atoms with van der Waals surface area (Å²) in [5.74, 6) is -1.90. The fourth-order valence-corrected chi connectivity index (χ4v) is 5.83. The first-order valence-electron chi connectivity index (χ1n) is 11.1. The quantitative estimate of drug-likeness (QED) is 0.372. The van der Waals surface area contributed by atoms with Crippen LogP contribution < -0.4 is 0 Å². The molecule has 0 saturated heterocycles. The Bertz CT molecular complexity index is 746. The molecule has 0 spiro atoms. The van der Waals surface area contributed by atoms with Gasteiger partial charge in [-0.1, -0.05) is 26.3 Å². The van der Waals surface area contributed by atoms with E-state index < -0.39 is 37.4 Å². The van der Waals surface area contributed by atoms with Gasteiger partial charge < -0.3 is 19.0 Å². The molecule has 0 aliphatic heterocycles. The lowest BCUT2D eigenvalue weighted by atomic mass is 9.82. The summed E-state index contributed by atoms with van der Waals surface area (Å²) in [6.07, 6.45) is 0.853. The predicted molar refractivity (Wildman–Crippen MR) is 119 cm³/mol. The van der Waals surface area contributed by atoms with Crippen LogP contribution in [0.4, 0.5) is 0 Å². The van der Waals surface area contributed by atoms with Gasteiger partial charge in [-0.3, -0.25) is 14.4 Å². The van der Waals surface area contributed by atoms with Crippen molar-refractivity contribution in [3.05, 3.63) is 11.6 Å². The second kappa shape index (κ2) is 8.79. The molecule has 0 aromatic carbocycles. The molecular weight excluding hydrogens is 416 g/mol. The summed E-state index contributed by atoms with van der Waals surface area (Å²) >= 11 is 0. The Morgan fingerprint density at radius 2 is 1.68 bits per heavy atom. The molecule has 0 bridgehead atoms. The largest absolute Gasteiger partial charge is 0.465 e. The lowest BCUT2D eigenvalue weighted by Crippen LogP contribution is -2.57. The number of esters is 2. The van der Waals surface area contributed by atoms with E-state index in [1.165, 1.54) is 6.08 Å². The van der Waals surface area contributed by atoms with Gasteiger partial charge in [0.25, 0.3) is 0 Å². The number of ketones is 1. The lowest BCUT2D eigenvalue weighted by Gasteiger charge is -2.44. The van der Waals surface area contributed by atoms with Crippen molar-refractivity contribution in [3.63, 3.8) is 0 Å². The van der Waals surface area contributed by atoms with Crippen LogP contribution in [-0.2, 0) is 28.3 Å². The van der Waals surface area contributed by atoms with Crippen molar-refractivity contribution in [2.45, 2.75) is 90.6 Å². The van der Waals surface area contributed by atoms with Crippen molar-refractivity contribution in [1.29, 1.82) is 0 Å². The minimum atomic E-state index is -2.35. The maximum absolute atomic E-state index is 13.3. The average molecular weight is 455 g/mol. The molecule has 176 valence electrons. The molecule has 0 aromatic rings. The molecule has 1 saturated carbocycles. The monoisotopic (exact) mass is 454 g/mol. The number of aliphatic hydroxyl groups is 1. The Labute approximate surface area is 186 Å². The fourth-order valence-electron chi connectivity index (χ4n) is 4.22. The summed E-state index contributed by atoms with van der Waals surface area (Å²) in [5.41, 5.74) is -2.17. The third-order valence-electron chi connectivity index (χ3n) is 7.18. The van der Waals surface area contributed by atoms with E-state index in [0.717, 1.165) is 0 Å². The topological polar surface area (TPSA) is 99.1 Å². The van der Waals surface area contributed by atoms with E-state index in [1.807, 2.05) is 13.1 Å². The molecule has 3 atom stereocenters. The summed E-state index contributed by atoms with van der Waals surface area (Å²) in [7, 11) is -2.35. The van der Waals surface area contributed by atoms with Gasteiger partial charge in [-0.15, -0.1) is 0 Å². The van der Waals surface area contributed by atoms with Gasteiger partial charge in [-0.05, 0) is 70.2 Å². The molecular formula is C23H38O7Si. The van der Waals surface area contributed by atoms with Gasteiger partial charge in [0, 0.05) is 0 Å². The first kappa shape index (κ1) is 25.7. The van der Waals surface area contributed by atoms with Gasteiger partial charge in [0.15, 0.2) is 19.5 Å². The van der Waals surface area contributed by atoms with Crippen LogP contribution in [0.3, 0.4) is 0 Å². The molecule has 1 fully saturated rings. The zero-order valence-electron chi connectivity index (χ0n) is 20.2. The molecule has 0 radical (unpaired) electrons. The Kier molecular flexibility index (Phi) is 7.30. The standard InChI is InChI=1S/C23H38O7Si/c1-9-28-19(26)23(20(27)29-10-2)13-15-11-17(24)22(6,18(25)12-16(15)14-23)30-31(7,8)21(3,4)5/h11,16,18,25H,9-10,12-14H2,1-8H3/t16-,18-,22-/m1/s1. The minimum Gasteiger partial charge on any atom is -0.465 e. The van der Waals surface area contributed by atoms with Gasteiger partial charge in [0.1, 0.15) is 5.60 Å². The van der Waals surface area contributed by atoms with Gasteiger partial charge in [0.2, 0.25) is 0 Å². The molecule has 0 heterocycles. The number of aliphatic hydroxyl groups excluding tert-OH is 1. The fraction of sp³-hybridized carbons (Fsp3) is 0.783. The van der Waals surface area contributed by atoms with Crippen LogP contribution in [0.15, 0.2) is 11.6 Å². The van der Waals surface area contributed by atoms with Crippen LogP contribution >= 0.6 is 0 Å². The van der Waals surface area contributed by atoms with E-state index in [9.17, 15) is 19.5 Å². The highest BCUT2D eigenvalue weighted by Gasteiger charge is 2.59. The number of carbonyl (C=O) groups excluding carboxylic acids is 3. The molecule has 2 aliphatic rings. The van der Waals surface area contributed by atoms with E-state index in [1.54, 1.807) is 20.8 Å². The smallest absolute Gasteiger partial charge is 0.323 e. The average Bonchev–Trinajstić information content (AvgIpc) is 2.96. The normalized spacial score (nSPS) is 28.4. The number of ether oxygens (including phenoxy) is 2. The number of hydrogen-bond donors (Lipinski definition) is 1. The summed E-state index contributed by atoms with van der Waals surface area (Å²) in [6, 6.07) is 0. The van der Waals surface area contributed by atoms with Crippen LogP contribution in [0.25, 0.3) is 0 Å². The van der Waals surface area contributed by atoms with Crippen LogP contribution in [0, 0.1) is 11.3 Å². The van der Waals surface area contributed by atoms with E-state index in [-0.39, 0.29) is 49.2 Å². The minimum absolute atomic E-state index is 0.0595. The molecule has 0 amide bonds. The van der Waals surface area contributed by atoms with E-state index in [2.05, 4.69) is 20.8 Å². The highest BCUT2D eigenvalue weighted by molar-refractivity contribution is 6.74. The highest BCUT2D eigenvalue weighted by atomic mass is 28.4. The summed E-state index contributed by atoms with van der Waals surface area (Å²) in [5, 5.41) is 11.0. The Hall–Kier alpha value is -1.51. The molecule has 2 rings (SSSR count). The molecule has 2 aliphatic carbocycles. The Morgan fingerprint density at radius 1 is 1.16 bits per heavy atom. The van der Waals surface area contributed by atoms with Crippen molar-refractivity contribution in [2.75, 3.05) is 13.2 Å². The van der Waals surface area contributed by atoms with Crippen molar-refractivity contribution in [1.82, 2.24) is 0 Å². The predicted octanol–water partition coefficient (Wildman–Crippen LogP) is 3.55. The van der Waals surface area contributed by atoms with Crippen LogP contribution in [-0.4, -0.2) is 56.1 Å². The second-order valence-electron chi connectivity index (χ2n) is 10.4. The van der Waals surface area contributed by atoms with Crippen molar-refractivity contribution in [2.24, 2.45) is 11.3 Å². The van der Waals surface area contributed by atoms with Gasteiger partial charge in [-0.2, -0.15) is 0 Å². The maximum atomic E-state index is 13.3. The first-order valence-corrected chi connectivity index (χ1v) is 14.0. The van der Waals surface area contributed by atoms with E-state index in [0.29, 0.717) is 5.57 Å². The molecule has 31 heavy (non-hydrogen) atoms. The number of hydrogen-bond acceptors (Lipinski definition) is 7. The van der Waals surface area contributed by atoms with Crippen molar-refractivity contribution >= 4 is 26.0 Å². The highest BCUT2D eigenvalue weighted by Crippen LogP contribution is 2.52. The molecule has 0 unspecified atom stereocenters. The zero-order valence-corrected chi connectivity index (χ0v) is 21.2.